The van der Waals surface area contributed by atoms with E-state index in [9.17, 15) is 5.11 Å². The average molecular weight is 316 g/mol. The normalized spacial score (nSPS) is 12.7. The zero-order chi connectivity index (χ0) is 16.3. The molecule has 3 nitrogen and oxygen atoms in total. The van der Waals surface area contributed by atoms with Gasteiger partial charge in [0.25, 0.3) is 0 Å². The molecule has 0 heterocycles. The predicted molar refractivity (Wildman–Crippen MR) is 96.4 cm³/mol. The van der Waals surface area contributed by atoms with Crippen LogP contribution in [0.4, 0.5) is 0 Å². The van der Waals surface area contributed by atoms with Gasteiger partial charge >= 0.3 is 0 Å². The van der Waals surface area contributed by atoms with Crippen LogP contribution in [0.5, 0.6) is 0 Å². The van der Waals surface area contributed by atoms with Gasteiger partial charge in [0, 0.05) is 13.2 Å². The molecule has 0 aromatic carbocycles. The van der Waals surface area contributed by atoms with Crippen molar-refractivity contribution in [2.24, 2.45) is 0 Å². The van der Waals surface area contributed by atoms with E-state index >= 15 is 0 Å². The van der Waals surface area contributed by atoms with E-state index < -0.39 is 0 Å². The van der Waals surface area contributed by atoms with Gasteiger partial charge in [-0.1, -0.05) is 78.1 Å². The van der Waals surface area contributed by atoms with Crippen molar-refractivity contribution in [1.29, 1.82) is 0 Å². The van der Waals surface area contributed by atoms with E-state index in [1.165, 1.54) is 70.6 Å². The first-order valence-electron chi connectivity index (χ1n) is 9.77. The van der Waals surface area contributed by atoms with Crippen molar-refractivity contribution in [3.63, 3.8) is 0 Å². The van der Waals surface area contributed by atoms with Crippen LogP contribution in [0.15, 0.2) is 0 Å². The SMILES string of the molecule is CCCCCCCCCCOCC(O)CNCCCCCC. The molecule has 0 aromatic heterocycles. The largest absolute Gasteiger partial charge is 0.389 e. The zero-order valence-electron chi connectivity index (χ0n) is 15.2. The third-order valence-electron chi connectivity index (χ3n) is 4.04. The molecule has 0 aliphatic carbocycles. The molecule has 0 aliphatic heterocycles. The van der Waals surface area contributed by atoms with Gasteiger partial charge in [0.2, 0.25) is 0 Å². The van der Waals surface area contributed by atoms with Gasteiger partial charge in [0.1, 0.15) is 0 Å². The maximum absolute atomic E-state index is 9.79. The van der Waals surface area contributed by atoms with E-state index in [1.54, 1.807) is 0 Å². The number of rotatable bonds is 18. The number of ether oxygens (including phenoxy) is 1. The Labute approximate surface area is 139 Å². The fourth-order valence-corrected chi connectivity index (χ4v) is 2.56. The lowest BCUT2D eigenvalue weighted by Crippen LogP contribution is -2.31. The summed E-state index contributed by atoms with van der Waals surface area (Å²) in [5, 5.41) is 13.1. The van der Waals surface area contributed by atoms with Gasteiger partial charge in [-0.2, -0.15) is 0 Å². The Balaban J connectivity index is 3.10. The molecular formula is C19H41NO2. The number of aliphatic hydroxyl groups is 1. The minimum Gasteiger partial charge on any atom is -0.389 e. The molecule has 0 aromatic rings. The van der Waals surface area contributed by atoms with Crippen LogP contribution in [-0.2, 0) is 4.74 Å². The Kier molecular flexibility index (Phi) is 18.8. The highest BCUT2D eigenvalue weighted by molar-refractivity contribution is 4.58. The van der Waals surface area contributed by atoms with E-state index in [-0.39, 0.29) is 6.10 Å². The minimum atomic E-state index is -0.361. The molecule has 0 amide bonds. The third kappa shape index (κ3) is 17.9. The van der Waals surface area contributed by atoms with Crippen LogP contribution in [0, 0.1) is 0 Å². The third-order valence-corrected chi connectivity index (χ3v) is 4.04. The molecule has 3 heteroatoms. The van der Waals surface area contributed by atoms with Crippen molar-refractivity contribution in [3.05, 3.63) is 0 Å². The van der Waals surface area contributed by atoms with Crippen molar-refractivity contribution >= 4 is 0 Å². The van der Waals surface area contributed by atoms with Crippen molar-refractivity contribution in [1.82, 2.24) is 5.32 Å². The quantitative estimate of drug-likeness (QED) is 0.361. The van der Waals surface area contributed by atoms with Gasteiger partial charge < -0.3 is 15.2 Å². The summed E-state index contributed by atoms with van der Waals surface area (Å²) in [7, 11) is 0. The number of nitrogens with one attached hydrogen (secondary N) is 1. The zero-order valence-corrected chi connectivity index (χ0v) is 15.2. The molecule has 22 heavy (non-hydrogen) atoms. The lowest BCUT2D eigenvalue weighted by Gasteiger charge is -2.12. The molecule has 134 valence electrons. The lowest BCUT2D eigenvalue weighted by atomic mass is 10.1. The summed E-state index contributed by atoms with van der Waals surface area (Å²) in [5.74, 6) is 0. The topological polar surface area (TPSA) is 41.5 Å². The van der Waals surface area contributed by atoms with Crippen LogP contribution in [0.1, 0.15) is 90.9 Å². The molecule has 1 unspecified atom stereocenters. The standard InChI is InChI=1S/C19H41NO2/c1-3-5-7-9-10-11-12-14-16-22-18-19(21)17-20-15-13-8-6-4-2/h19-21H,3-18H2,1-2H3. The summed E-state index contributed by atoms with van der Waals surface area (Å²) >= 11 is 0. The van der Waals surface area contributed by atoms with E-state index in [1.807, 2.05) is 0 Å². The number of aliphatic hydroxyl groups excluding tert-OH is 1. The maximum atomic E-state index is 9.79. The number of hydrogen-bond donors (Lipinski definition) is 2. The molecule has 0 rings (SSSR count). The maximum Gasteiger partial charge on any atom is 0.0897 e. The monoisotopic (exact) mass is 315 g/mol. The first-order valence-corrected chi connectivity index (χ1v) is 9.77. The highest BCUT2D eigenvalue weighted by atomic mass is 16.5. The molecule has 0 saturated carbocycles. The second-order valence-corrected chi connectivity index (χ2v) is 6.47. The van der Waals surface area contributed by atoms with Gasteiger partial charge in [0.05, 0.1) is 12.7 Å². The fraction of sp³-hybridized carbons (Fsp3) is 1.00. The van der Waals surface area contributed by atoms with Crippen molar-refractivity contribution in [2.75, 3.05) is 26.3 Å². The van der Waals surface area contributed by atoms with Gasteiger partial charge in [0.15, 0.2) is 0 Å². The first kappa shape index (κ1) is 21.9. The number of unbranched alkanes of at least 4 members (excludes halogenated alkanes) is 10. The molecule has 2 N–H and O–H groups in total. The van der Waals surface area contributed by atoms with Crippen molar-refractivity contribution < 1.29 is 9.84 Å². The van der Waals surface area contributed by atoms with Crippen LogP contribution in [0.25, 0.3) is 0 Å². The molecule has 0 aliphatic rings. The summed E-state index contributed by atoms with van der Waals surface area (Å²) in [6.07, 6.45) is 15.3. The Hall–Kier alpha value is -0.120. The van der Waals surface area contributed by atoms with E-state index in [4.69, 9.17) is 4.74 Å². The smallest absolute Gasteiger partial charge is 0.0897 e. The molecule has 1 atom stereocenters. The molecule has 0 bridgehead atoms. The lowest BCUT2D eigenvalue weighted by molar-refractivity contribution is 0.0355. The van der Waals surface area contributed by atoms with Crippen LogP contribution >= 0.6 is 0 Å². The minimum absolute atomic E-state index is 0.361. The second-order valence-electron chi connectivity index (χ2n) is 6.47. The van der Waals surface area contributed by atoms with Crippen molar-refractivity contribution in [3.8, 4) is 0 Å². The van der Waals surface area contributed by atoms with Gasteiger partial charge in [-0.05, 0) is 19.4 Å². The fourth-order valence-electron chi connectivity index (χ4n) is 2.56. The Morgan fingerprint density at radius 1 is 0.773 bits per heavy atom. The predicted octanol–water partition coefficient (Wildman–Crippen LogP) is 4.67. The summed E-state index contributed by atoms with van der Waals surface area (Å²) < 4.78 is 5.55. The van der Waals surface area contributed by atoms with Crippen molar-refractivity contribution in [2.45, 2.75) is 97.0 Å². The Morgan fingerprint density at radius 3 is 1.95 bits per heavy atom. The molecule has 0 fully saturated rings. The molecular weight excluding hydrogens is 274 g/mol. The molecule has 0 radical (unpaired) electrons. The second kappa shape index (κ2) is 18.9. The van der Waals surface area contributed by atoms with E-state index in [2.05, 4.69) is 19.2 Å². The highest BCUT2D eigenvalue weighted by Crippen LogP contribution is 2.08. The summed E-state index contributed by atoms with van der Waals surface area (Å²) in [6, 6.07) is 0. The average Bonchev–Trinajstić information content (AvgIpc) is 2.52. The van der Waals surface area contributed by atoms with Crippen LogP contribution in [0.2, 0.25) is 0 Å². The number of hydrogen-bond acceptors (Lipinski definition) is 3. The van der Waals surface area contributed by atoms with Crippen LogP contribution in [0.3, 0.4) is 0 Å². The Bertz CT molecular complexity index is 200. The van der Waals surface area contributed by atoms with E-state index in [0.29, 0.717) is 13.2 Å². The molecule has 0 spiro atoms. The summed E-state index contributed by atoms with van der Waals surface area (Å²) in [4.78, 5) is 0. The molecule has 0 saturated heterocycles. The van der Waals surface area contributed by atoms with Crippen LogP contribution in [-0.4, -0.2) is 37.5 Å². The highest BCUT2D eigenvalue weighted by Gasteiger charge is 2.03. The van der Waals surface area contributed by atoms with Gasteiger partial charge in [-0.15, -0.1) is 0 Å². The van der Waals surface area contributed by atoms with Gasteiger partial charge in [-0.3, -0.25) is 0 Å². The summed E-state index contributed by atoms with van der Waals surface area (Å²) in [5.41, 5.74) is 0. The van der Waals surface area contributed by atoms with Crippen LogP contribution < -0.4 is 5.32 Å². The first-order chi connectivity index (χ1) is 10.8. The van der Waals surface area contributed by atoms with Gasteiger partial charge in [-0.25, -0.2) is 0 Å². The summed E-state index contributed by atoms with van der Waals surface area (Å²) in [6.45, 7) is 7.41. The van der Waals surface area contributed by atoms with E-state index in [0.717, 1.165) is 19.6 Å². The Morgan fingerprint density at radius 2 is 1.32 bits per heavy atom.